The van der Waals surface area contributed by atoms with Crippen LogP contribution in [-0.4, -0.2) is 48.2 Å². The second-order valence-electron chi connectivity index (χ2n) is 8.66. The van der Waals surface area contributed by atoms with E-state index in [0.29, 0.717) is 25.1 Å². The Morgan fingerprint density at radius 2 is 2.09 bits per heavy atom. The number of carbonyl (C=O) groups excluding carboxylic acids is 1. The largest absolute Gasteiger partial charge is 0.310 e. The van der Waals surface area contributed by atoms with Crippen molar-refractivity contribution in [3.05, 3.63) is 53.2 Å². The molecule has 3 aromatic heterocycles. The molecule has 0 spiro atoms. The average Bonchev–Trinajstić information content (AvgIpc) is 3.59. The summed E-state index contributed by atoms with van der Waals surface area (Å²) in [5.41, 5.74) is 1.86. The molecule has 32 heavy (non-hydrogen) atoms. The van der Waals surface area contributed by atoms with Gasteiger partial charge in [0, 0.05) is 36.2 Å². The van der Waals surface area contributed by atoms with Crippen molar-refractivity contribution >= 4 is 23.9 Å². The lowest BCUT2D eigenvalue weighted by Crippen LogP contribution is -2.41. The van der Waals surface area contributed by atoms with Gasteiger partial charge in [-0.2, -0.15) is 5.10 Å². The van der Waals surface area contributed by atoms with Gasteiger partial charge in [-0.25, -0.2) is 9.67 Å². The van der Waals surface area contributed by atoms with Gasteiger partial charge in [-0.1, -0.05) is 6.07 Å². The van der Waals surface area contributed by atoms with Crippen LogP contribution in [-0.2, 0) is 11.5 Å². The van der Waals surface area contributed by atoms with E-state index in [1.807, 2.05) is 48.1 Å². The number of amides is 1. The molecule has 1 unspecified atom stereocenters. The fourth-order valence-electron chi connectivity index (χ4n) is 4.29. The molecule has 1 aliphatic heterocycles. The predicted octanol–water partition coefficient (Wildman–Crippen LogP) is 3.82. The summed E-state index contributed by atoms with van der Waals surface area (Å²) < 4.78 is 4.81. The van der Waals surface area contributed by atoms with E-state index in [1.54, 1.807) is 6.20 Å². The molecule has 0 aromatic carbocycles. The van der Waals surface area contributed by atoms with Crippen LogP contribution in [0.2, 0.25) is 0 Å². The third-order valence-electron chi connectivity index (χ3n) is 6.05. The number of hydrogen-bond acceptors (Lipinski definition) is 6. The second kappa shape index (κ2) is 8.91. The molecule has 0 radical (unpaired) electrons. The standard InChI is InChI=1S/C23H27N7OS/c1-16-5-2-8-20(25-16)26-22(31)18-7-4-12-28(14-18)15-29-23(32)30(19-9-10-19)21(27-29)17-6-3-11-24-13-17/h2-3,5-6,8,11,13,18-19H,4,7,9-10,12,14-15H2,1H3,(H,25,26,31). The minimum Gasteiger partial charge on any atom is -0.310 e. The number of aromatic nitrogens is 5. The van der Waals surface area contributed by atoms with Crippen LogP contribution in [0.3, 0.4) is 0 Å². The topological polar surface area (TPSA) is 80.9 Å². The molecule has 1 saturated heterocycles. The smallest absolute Gasteiger partial charge is 0.229 e. The van der Waals surface area contributed by atoms with E-state index < -0.39 is 0 Å². The van der Waals surface area contributed by atoms with Gasteiger partial charge in [0.15, 0.2) is 10.6 Å². The maximum absolute atomic E-state index is 12.9. The number of carbonyl (C=O) groups is 1. The number of aryl methyl sites for hydroxylation is 1. The maximum Gasteiger partial charge on any atom is 0.229 e. The summed E-state index contributed by atoms with van der Waals surface area (Å²) >= 11 is 5.81. The highest BCUT2D eigenvalue weighted by Gasteiger charge is 2.31. The van der Waals surface area contributed by atoms with E-state index in [-0.39, 0.29) is 11.8 Å². The Hall–Kier alpha value is -2.91. The number of piperidine rings is 1. The van der Waals surface area contributed by atoms with Gasteiger partial charge in [0.2, 0.25) is 5.91 Å². The first-order valence-electron chi connectivity index (χ1n) is 11.1. The van der Waals surface area contributed by atoms with Crippen molar-refractivity contribution in [3.63, 3.8) is 0 Å². The van der Waals surface area contributed by atoms with Gasteiger partial charge in [-0.15, -0.1) is 0 Å². The van der Waals surface area contributed by atoms with Crippen LogP contribution < -0.4 is 5.32 Å². The van der Waals surface area contributed by atoms with Crippen molar-refractivity contribution in [3.8, 4) is 11.4 Å². The first-order chi connectivity index (χ1) is 15.6. The molecule has 4 heterocycles. The molecule has 1 N–H and O–H groups in total. The summed E-state index contributed by atoms with van der Waals surface area (Å²) in [6.45, 7) is 4.10. The SMILES string of the molecule is Cc1cccc(NC(=O)C2CCCN(Cn3nc(-c4cccnc4)n(C4CC4)c3=S)C2)n1. The monoisotopic (exact) mass is 449 g/mol. The number of anilines is 1. The van der Waals surface area contributed by atoms with Gasteiger partial charge in [-0.05, 0) is 75.6 Å². The van der Waals surface area contributed by atoms with E-state index in [2.05, 4.69) is 24.8 Å². The lowest BCUT2D eigenvalue weighted by molar-refractivity contribution is -0.121. The Labute approximate surface area is 192 Å². The van der Waals surface area contributed by atoms with Crippen molar-refractivity contribution < 1.29 is 4.79 Å². The van der Waals surface area contributed by atoms with Crippen molar-refractivity contribution in [1.29, 1.82) is 0 Å². The number of nitrogens with zero attached hydrogens (tertiary/aromatic N) is 6. The zero-order valence-corrected chi connectivity index (χ0v) is 19.0. The average molecular weight is 450 g/mol. The van der Waals surface area contributed by atoms with Gasteiger partial charge < -0.3 is 5.32 Å². The normalized spacial score (nSPS) is 19.1. The van der Waals surface area contributed by atoms with E-state index in [9.17, 15) is 4.79 Å². The van der Waals surface area contributed by atoms with Crippen LogP contribution in [0.5, 0.6) is 0 Å². The molecule has 9 heteroatoms. The van der Waals surface area contributed by atoms with E-state index in [0.717, 1.165) is 54.1 Å². The third-order valence-corrected chi connectivity index (χ3v) is 6.46. The highest BCUT2D eigenvalue weighted by atomic mass is 32.1. The van der Waals surface area contributed by atoms with Crippen LogP contribution in [0.1, 0.15) is 37.4 Å². The molecule has 0 bridgehead atoms. The highest BCUT2D eigenvalue weighted by molar-refractivity contribution is 7.71. The fraction of sp³-hybridized carbons (Fsp3) is 0.435. The van der Waals surface area contributed by atoms with Gasteiger partial charge >= 0.3 is 0 Å². The lowest BCUT2D eigenvalue weighted by atomic mass is 9.97. The fourth-order valence-corrected chi connectivity index (χ4v) is 4.63. The van der Waals surface area contributed by atoms with Crippen LogP contribution in [0.4, 0.5) is 5.82 Å². The number of nitrogens with one attached hydrogen (secondary N) is 1. The van der Waals surface area contributed by atoms with Crippen molar-refractivity contribution in [2.45, 2.75) is 45.3 Å². The Kier molecular flexibility index (Phi) is 5.84. The summed E-state index contributed by atoms with van der Waals surface area (Å²) in [6, 6.07) is 10.0. The number of hydrogen-bond donors (Lipinski definition) is 1. The highest BCUT2D eigenvalue weighted by Crippen LogP contribution is 2.38. The lowest BCUT2D eigenvalue weighted by Gasteiger charge is -2.31. The zero-order valence-electron chi connectivity index (χ0n) is 18.1. The van der Waals surface area contributed by atoms with Crippen molar-refractivity contribution in [2.24, 2.45) is 5.92 Å². The van der Waals surface area contributed by atoms with E-state index >= 15 is 0 Å². The summed E-state index contributed by atoms with van der Waals surface area (Å²) in [5.74, 6) is 1.43. The molecule has 3 aromatic rings. The number of rotatable bonds is 6. The van der Waals surface area contributed by atoms with Crippen LogP contribution in [0.15, 0.2) is 42.7 Å². The van der Waals surface area contributed by atoms with Gasteiger partial charge in [0.05, 0.1) is 12.6 Å². The molecule has 166 valence electrons. The minimum absolute atomic E-state index is 0.0240. The summed E-state index contributed by atoms with van der Waals surface area (Å²) in [5, 5.41) is 7.84. The van der Waals surface area contributed by atoms with Gasteiger partial charge in [0.1, 0.15) is 5.82 Å². The molecule has 1 atom stereocenters. The Balaban J connectivity index is 1.31. The molecular formula is C23H27N7OS. The molecule has 1 saturated carbocycles. The molecule has 2 fully saturated rings. The van der Waals surface area contributed by atoms with Gasteiger partial charge in [0.25, 0.3) is 0 Å². The van der Waals surface area contributed by atoms with Crippen molar-refractivity contribution in [1.82, 2.24) is 29.2 Å². The maximum atomic E-state index is 12.9. The molecule has 8 nitrogen and oxygen atoms in total. The molecular weight excluding hydrogens is 422 g/mol. The van der Waals surface area contributed by atoms with Crippen LogP contribution in [0.25, 0.3) is 11.4 Å². The Bertz CT molecular complexity index is 1170. The second-order valence-corrected chi connectivity index (χ2v) is 9.02. The van der Waals surface area contributed by atoms with Crippen LogP contribution >= 0.6 is 12.2 Å². The first-order valence-corrected chi connectivity index (χ1v) is 11.6. The molecule has 2 aliphatic rings. The first kappa shape index (κ1) is 21.0. The Morgan fingerprint density at radius 1 is 1.22 bits per heavy atom. The van der Waals surface area contributed by atoms with Crippen molar-refractivity contribution in [2.75, 3.05) is 18.4 Å². The zero-order chi connectivity index (χ0) is 22.1. The number of likely N-dealkylation sites (tertiary alicyclic amines) is 1. The van der Waals surface area contributed by atoms with E-state index in [1.165, 1.54) is 0 Å². The molecule has 5 rings (SSSR count). The minimum atomic E-state index is -0.0801. The summed E-state index contributed by atoms with van der Waals surface area (Å²) in [4.78, 5) is 23.8. The van der Waals surface area contributed by atoms with E-state index in [4.69, 9.17) is 17.3 Å². The van der Waals surface area contributed by atoms with Crippen LogP contribution in [0, 0.1) is 17.6 Å². The summed E-state index contributed by atoms with van der Waals surface area (Å²) in [7, 11) is 0. The summed E-state index contributed by atoms with van der Waals surface area (Å²) in [6.07, 6.45) is 7.70. The third kappa shape index (κ3) is 4.49. The molecule has 1 amide bonds. The number of pyridine rings is 2. The molecule has 1 aliphatic carbocycles. The Morgan fingerprint density at radius 3 is 2.84 bits per heavy atom. The quantitative estimate of drug-likeness (QED) is 0.576. The predicted molar refractivity (Wildman–Crippen MR) is 124 cm³/mol. The van der Waals surface area contributed by atoms with Gasteiger partial charge in [-0.3, -0.25) is 19.2 Å².